The molecule has 0 heterocycles. The van der Waals surface area contributed by atoms with Gasteiger partial charge in [-0.2, -0.15) is 0 Å². The molecule has 0 unspecified atom stereocenters. The number of allylic oxidation sites excluding steroid dienone is 1. The van der Waals surface area contributed by atoms with E-state index in [4.69, 9.17) is 18.6 Å². The molecule has 2 atom stereocenters. The summed E-state index contributed by atoms with van der Waals surface area (Å²) in [5.41, 5.74) is 0.967. The monoisotopic (exact) mass is 597 g/mol. The average Bonchev–Trinajstić information content (AvgIpc) is 2.77. The van der Waals surface area contributed by atoms with Crippen molar-refractivity contribution in [2.24, 2.45) is 0 Å². The molecule has 0 aliphatic heterocycles. The summed E-state index contributed by atoms with van der Waals surface area (Å²) in [7, 11) is 1.20. The van der Waals surface area contributed by atoms with Crippen LogP contribution in [0.1, 0.15) is 71.2 Å². The first-order valence-corrected chi connectivity index (χ1v) is 16.5. The van der Waals surface area contributed by atoms with Gasteiger partial charge in [0.05, 0.1) is 17.7 Å². The van der Waals surface area contributed by atoms with Crippen molar-refractivity contribution < 1.29 is 28.2 Å². The number of ether oxygens (including phenoxy) is 3. The lowest BCUT2D eigenvalue weighted by molar-refractivity contribution is 0.0285. The number of aldehydes is 1. The molecule has 2 rings (SSSR count). The Morgan fingerprint density at radius 2 is 1.84 bits per heavy atom. The van der Waals surface area contributed by atoms with Crippen molar-refractivity contribution in [3.05, 3.63) is 33.8 Å². The van der Waals surface area contributed by atoms with E-state index < -0.39 is 20.0 Å². The third-order valence-corrected chi connectivity index (χ3v) is 12.3. The van der Waals surface area contributed by atoms with E-state index in [0.717, 1.165) is 24.7 Å². The lowest BCUT2D eigenvalue weighted by Gasteiger charge is -2.43. The van der Waals surface area contributed by atoms with Crippen LogP contribution in [0.4, 0.5) is 4.79 Å². The Morgan fingerprint density at radius 1 is 1.19 bits per heavy atom. The summed E-state index contributed by atoms with van der Waals surface area (Å²) < 4.78 is 25.2. The fraction of sp³-hybridized carbons (Fsp3) is 0.643. The molecule has 0 N–H and O–H groups in total. The van der Waals surface area contributed by atoms with Crippen LogP contribution < -0.4 is 9.47 Å². The Hall–Kier alpha value is -1.84. The Morgan fingerprint density at radius 3 is 2.38 bits per heavy atom. The summed E-state index contributed by atoms with van der Waals surface area (Å²) in [5.74, 6) is 0.994. The molecule has 0 radical (unpaired) electrons. The highest BCUT2D eigenvalue weighted by Gasteiger charge is 2.43. The molecule has 0 saturated heterocycles. The van der Waals surface area contributed by atoms with Gasteiger partial charge in [-0.25, -0.2) is 4.79 Å². The van der Waals surface area contributed by atoms with Gasteiger partial charge in [0.1, 0.15) is 11.7 Å². The van der Waals surface area contributed by atoms with Gasteiger partial charge in [0.25, 0.3) is 0 Å². The van der Waals surface area contributed by atoms with Crippen molar-refractivity contribution in [2.75, 3.05) is 20.7 Å². The molecule has 0 fully saturated rings. The average molecular weight is 599 g/mol. The van der Waals surface area contributed by atoms with Crippen molar-refractivity contribution in [1.82, 2.24) is 4.90 Å². The zero-order valence-corrected chi connectivity index (χ0v) is 26.7. The second-order valence-electron chi connectivity index (χ2n) is 12.1. The largest absolute Gasteiger partial charge is 0.493 e. The van der Waals surface area contributed by atoms with Crippen molar-refractivity contribution >= 4 is 36.6 Å². The first-order chi connectivity index (χ1) is 17.0. The predicted octanol–water partition coefficient (Wildman–Crippen LogP) is 7.39. The van der Waals surface area contributed by atoms with Crippen LogP contribution in [0.3, 0.4) is 0 Å². The standard InChI is InChI=1S/C28H44BrNO6Si/c1-27(2,3)35-26(32)30(7)17-16-19-12-11-13-22(36-37(9,10)28(4,5)6)24(19)34-25-21(33-8)15-14-20(18-31)23(25)29/h12,14-15,18,22,24H,11,13,16-17H2,1-10H3/t22-,24-/m1/s1. The minimum atomic E-state index is -2.11. The molecule has 7 nitrogen and oxygen atoms in total. The highest BCUT2D eigenvalue weighted by atomic mass is 79.9. The maximum absolute atomic E-state index is 12.5. The van der Waals surface area contributed by atoms with E-state index in [2.05, 4.69) is 55.9 Å². The number of nitrogens with zero attached hydrogens (tertiary/aromatic N) is 1. The van der Waals surface area contributed by atoms with Crippen molar-refractivity contribution in [2.45, 2.75) is 96.7 Å². The smallest absolute Gasteiger partial charge is 0.410 e. The van der Waals surface area contributed by atoms with Crippen LogP contribution in [0.15, 0.2) is 28.3 Å². The minimum Gasteiger partial charge on any atom is -0.493 e. The van der Waals surface area contributed by atoms with E-state index in [1.54, 1.807) is 31.2 Å². The van der Waals surface area contributed by atoms with E-state index in [-0.39, 0.29) is 17.2 Å². The molecule has 0 bridgehead atoms. The van der Waals surface area contributed by atoms with Gasteiger partial charge in [-0.3, -0.25) is 4.79 Å². The van der Waals surface area contributed by atoms with Crippen molar-refractivity contribution in [1.29, 1.82) is 0 Å². The van der Waals surface area contributed by atoms with Crippen LogP contribution in [0, 0.1) is 0 Å². The molecule has 9 heteroatoms. The van der Waals surface area contributed by atoms with E-state index in [9.17, 15) is 9.59 Å². The summed E-state index contributed by atoms with van der Waals surface area (Å²) in [5, 5.41) is 0.0332. The molecule has 0 aromatic heterocycles. The molecule has 1 aliphatic carbocycles. The third-order valence-electron chi connectivity index (χ3n) is 6.94. The number of rotatable bonds is 9. The van der Waals surface area contributed by atoms with Gasteiger partial charge < -0.3 is 23.5 Å². The maximum atomic E-state index is 12.5. The second-order valence-corrected chi connectivity index (χ2v) is 17.6. The summed E-state index contributed by atoms with van der Waals surface area (Å²) in [6.45, 7) is 17.2. The number of hydrogen-bond donors (Lipinski definition) is 0. The van der Waals surface area contributed by atoms with Crippen LogP contribution in [0.5, 0.6) is 11.5 Å². The zero-order chi connectivity index (χ0) is 28.2. The number of halogens is 1. The van der Waals surface area contributed by atoms with Crippen LogP contribution in [-0.2, 0) is 9.16 Å². The number of amides is 1. The fourth-order valence-electron chi connectivity index (χ4n) is 3.78. The number of carbonyl (C=O) groups is 2. The molecule has 1 aliphatic rings. The van der Waals surface area contributed by atoms with Gasteiger partial charge >= 0.3 is 6.09 Å². The number of benzene rings is 1. The quantitative estimate of drug-likeness (QED) is 0.168. The Bertz CT molecular complexity index is 996. The Labute approximate surface area is 232 Å². The lowest BCUT2D eigenvalue weighted by Crippen LogP contribution is -2.50. The Balaban J connectivity index is 2.40. The zero-order valence-electron chi connectivity index (χ0n) is 24.1. The number of carbonyl (C=O) groups excluding carboxylic acids is 2. The first kappa shape index (κ1) is 31.4. The molecular weight excluding hydrogens is 554 g/mol. The van der Waals surface area contributed by atoms with E-state index in [1.165, 1.54) is 0 Å². The van der Waals surface area contributed by atoms with Crippen molar-refractivity contribution in [3.8, 4) is 11.5 Å². The molecule has 0 saturated carbocycles. The predicted molar refractivity (Wildman–Crippen MR) is 153 cm³/mol. The van der Waals surface area contributed by atoms with Crippen LogP contribution in [0.25, 0.3) is 0 Å². The van der Waals surface area contributed by atoms with E-state index in [0.29, 0.717) is 34.5 Å². The van der Waals surface area contributed by atoms with Crippen LogP contribution in [0.2, 0.25) is 18.1 Å². The Kier molecular flexibility index (Phi) is 10.5. The van der Waals surface area contributed by atoms with Crippen molar-refractivity contribution in [3.63, 3.8) is 0 Å². The number of methoxy groups -OCH3 is 1. The SMILES string of the molecule is COc1ccc(C=O)c(Br)c1O[C@@H]1C(CCN(C)C(=O)OC(C)(C)C)=CCC[C@H]1O[Si](C)(C)C(C)(C)C. The summed E-state index contributed by atoms with van der Waals surface area (Å²) in [6.07, 6.45) is 4.30. The molecule has 37 heavy (non-hydrogen) atoms. The van der Waals surface area contributed by atoms with Gasteiger partial charge in [0.15, 0.2) is 26.1 Å². The molecule has 1 aromatic rings. The van der Waals surface area contributed by atoms with E-state index >= 15 is 0 Å². The lowest BCUT2D eigenvalue weighted by atomic mass is 9.91. The minimum absolute atomic E-state index is 0.0332. The first-order valence-electron chi connectivity index (χ1n) is 12.8. The summed E-state index contributed by atoms with van der Waals surface area (Å²) in [4.78, 5) is 25.8. The molecule has 208 valence electrons. The highest BCUT2D eigenvalue weighted by Crippen LogP contribution is 2.43. The van der Waals surface area contributed by atoms with Gasteiger partial charge in [0.2, 0.25) is 0 Å². The van der Waals surface area contributed by atoms with Gasteiger partial charge in [-0.15, -0.1) is 0 Å². The third kappa shape index (κ3) is 8.32. The topological polar surface area (TPSA) is 74.3 Å². The van der Waals surface area contributed by atoms with E-state index in [1.807, 2.05) is 20.8 Å². The fourth-order valence-corrected chi connectivity index (χ4v) is 5.65. The normalized spacial score (nSPS) is 18.6. The maximum Gasteiger partial charge on any atom is 0.410 e. The highest BCUT2D eigenvalue weighted by molar-refractivity contribution is 9.10. The van der Waals surface area contributed by atoms with Crippen LogP contribution in [-0.4, -0.2) is 64.1 Å². The van der Waals surface area contributed by atoms with Gasteiger partial charge in [0, 0.05) is 19.2 Å². The molecule has 1 amide bonds. The summed E-state index contributed by atoms with van der Waals surface area (Å²) in [6, 6.07) is 3.43. The molecule has 0 spiro atoms. The molecule has 1 aromatic carbocycles. The van der Waals surface area contributed by atoms with Gasteiger partial charge in [-0.05, 0) is 91.8 Å². The summed E-state index contributed by atoms with van der Waals surface area (Å²) >= 11 is 3.54. The number of hydrogen-bond acceptors (Lipinski definition) is 6. The van der Waals surface area contributed by atoms with Gasteiger partial charge in [-0.1, -0.05) is 26.8 Å². The molecular formula is C28H44BrNO6Si. The van der Waals surface area contributed by atoms with Crippen LogP contribution >= 0.6 is 15.9 Å². The second kappa shape index (κ2) is 12.3.